The van der Waals surface area contributed by atoms with Crippen LogP contribution < -0.4 is 14.2 Å². The standard InChI is InChI=1S/C21H27FN2O3/c1-25-19-8-7-17(20(26-2)21(19)27-3)15-24-11-9-23(10-12-24)14-16-5-4-6-18(22)13-16/h4-8,13H,9-12,14-15H2,1-3H3. The molecule has 146 valence electrons. The first-order chi connectivity index (χ1) is 13.1. The van der Waals surface area contributed by atoms with E-state index in [9.17, 15) is 4.39 Å². The highest BCUT2D eigenvalue weighted by Gasteiger charge is 2.21. The van der Waals surface area contributed by atoms with Crippen LogP contribution in [0.15, 0.2) is 36.4 Å². The van der Waals surface area contributed by atoms with E-state index in [2.05, 4.69) is 9.80 Å². The van der Waals surface area contributed by atoms with E-state index in [1.54, 1.807) is 33.5 Å². The molecule has 0 aromatic heterocycles. The van der Waals surface area contributed by atoms with E-state index in [-0.39, 0.29) is 5.82 Å². The molecule has 2 aromatic rings. The zero-order valence-corrected chi connectivity index (χ0v) is 16.2. The fourth-order valence-corrected chi connectivity index (χ4v) is 3.53. The highest BCUT2D eigenvalue weighted by Crippen LogP contribution is 2.40. The Morgan fingerprint density at radius 1 is 0.815 bits per heavy atom. The minimum absolute atomic E-state index is 0.174. The van der Waals surface area contributed by atoms with Gasteiger partial charge in [-0.3, -0.25) is 9.80 Å². The van der Waals surface area contributed by atoms with E-state index in [1.807, 2.05) is 18.2 Å². The average Bonchev–Trinajstić information content (AvgIpc) is 2.69. The lowest BCUT2D eigenvalue weighted by Crippen LogP contribution is -2.45. The van der Waals surface area contributed by atoms with Gasteiger partial charge in [0.25, 0.3) is 0 Å². The minimum Gasteiger partial charge on any atom is -0.493 e. The lowest BCUT2D eigenvalue weighted by atomic mass is 10.1. The molecule has 5 nitrogen and oxygen atoms in total. The van der Waals surface area contributed by atoms with Crippen LogP contribution in [0.2, 0.25) is 0 Å². The number of ether oxygens (including phenoxy) is 3. The zero-order chi connectivity index (χ0) is 19.2. The molecule has 3 rings (SSSR count). The van der Waals surface area contributed by atoms with Gasteiger partial charge in [0, 0.05) is 44.8 Å². The fraction of sp³-hybridized carbons (Fsp3) is 0.429. The minimum atomic E-state index is -0.174. The quantitative estimate of drug-likeness (QED) is 0.744. The molecule has 0 amide bonds. The van der Waals surface area contributed by atoms with Gasteiger partial charge in [-0.2, -0.15) is 0 Å². The normalized spacial score (nSPS) is 15.6. The summed E-state index contributed by atoms with van der Waals surface area (Å²) >= 11 is 0. The molecule has 1 aliphatic heterocycles. The monoisotopic (exact) mass is 374 g/mol. The van der Waals surface area contributed by atoms with Gasteiger partial charge in [-0.05, 0) is 23.8 Å². The molecule has 1 aliphatic rings. The maximum atomic E-state index is 13.4. The molecule has 0 unspecified atom stereocenters. The van der Waals surface area contributed by atoms with Gasteiger partial charge in [0.2, 0.25) is 5.75 Å². The molecule has 1 fully saturated rings. The number of benzene rings is 2. The van der Waals surface area contributed by atoms with Crippen molar-refractivity contribution in [3.05, 3.63) is 53.3 Å². The van der Waals surface area contributed by atoms with Gasteiger partial charge in [-0.25, -0.2) is 4.39 Å². The number of rotatable bonds is 7. The van der Waals surface area contributed by atoms with Crippen molar-refractivity contribution in [1.29, 1.82) is 0 Å². The van der Waals surface area contributed by atoms with Crippen LogP contribution >= 0.6 is 0 Å². The summed E-state index contributed by atoms with van der Waals surface area (Å²) in [5.74, 6) is 1.84. The van der Waals surface area contributed by atoms with Crippen LogP contribution in [-0.2, 0) is 13.1 Å². The van der Waals surface area contributed by atoms with Gasteiger partial charge in [-0.15, -0.1) is 0 Å². The van der Waals surface area contributed by atoms with Crippen LogP contribution in [0.5, 0.6) is 17.2 Å². The Morgan fingerprint density at radius 3 is 2.07 bits per heavy atom. The molecule has 0 bridgehead atoms. The van der Waals surface area contributed by atoms with E-state index in [0.717, 1.165) is 56.1 Å². The SMILES string of the molecule is COc1ccc(CN2CCN(Cc3cccc(F)c3)CC2)c(OC)c1OC. The van der Waals surface area contributed by atoms with Crippen molar-refractivity contribution in [2.24, 2.45) is 0 Å². The molecular formula is C21H27FN2O3. The van der Waals surface area contributed by atoms with Crippen molar-refractivity contribution >= 4 is 0 Å². The summed E-state index contributed by atoms with van der Waals surface area (Å²) in [5, 5.41) is 0. The fourth-order valence-electron chi connectivity index (χ4n) is 3.53. The number of piperazine rings is 1. The molecular weight excluding hydrogens is 347 g/mol. The third-order valence-corrected chi connectivity index (χ3v) is 4.94. The predicted molar refractivity (Wildman–Crippen MR) is 103 cm³/mol. The van der Waals surface area contributed by atoms with Gasteiger partial charge in [0.05, 0.1) is 21.3 Å². The van der Waals surface area contributed by atoms with E-state index in [0.29, 0.717) is 11.5 Å². The second-order valence-electron chi connectivity index (χ2n) is 6.68. The molecule has 0 radical (unpaired) electrons. The number of methoxy groups -OCH3 is 3. The molecule has 1 heterocycles. The Kier molecular flexibility index (Phi) is 6.53. The molecule has 1 saturated heterocycles. The summed E-state index contributed by atoms with van der Waals surface area (Å²) in [5.41, 5.74) is 2.10. The lowest BCUT2D eigenvalue weighted by molar-refractivity contribution is 0.121. The number of halogens is 1. The third kappa shape index (κ3) is 4.70. The van der Waals surface area contributed by atoms with Crippen molar-refractivity contribution in [2.75, 3.05) is 47.5 Å². The van der Waals surface area contributed by atoms with Crippen LogP contribution in [0.3, 0.4) is 0 Å². The first-order valence-corrected chi connectivity index (χ1v) is 9.11. The summed E-state index contributed by atoms with van der Waals surface area (Å²) < 4.78 is 29.8. The Balaban J connectivity index is 1.61. The van der Waals surface area contributed by atoms with Crippen LogP contribution in [0, 0.1) is 5.82 Å². The van der Waals surface area contributed by atoms with Gasteiger partial charge >= 0.3 is 0 Å². The Labute approximate surface area is 160 Å². The summed E-state index contributed by atoms with van der Waals surface area (Å²) in [6.07, 6.45) is 0. The van der Waals surface area contributed by atoms with Gasteiger partial charge in [-0.1, -0.05) is 18.2 Å². The predicted octanol–water partition coefficient (Wildman–Crippen LogP) is 3.17. The molecule has 2 aromatic carbocycles. The van der Waals surface area contributed by atoms with E-state index >= 15 is 0 Å². The summed E-state index contributed by atoms with van der Waals surface area (Å²) in [6, 6.07) is 10.8. The average molecular weight is 374 g/mol. The first-order valence-electron chi connectivity index (χ1n) is 9.11. The largest absolute Gasteiger partial charge is 0.493 e. The summed E-state index contributed by atoms with van der Waals surface area (Å²) in [7, 11) is 4.89. The highest BCUT2D eigenvalue weighted by atomic mass is 19.1. The Morgan fingerprint density at radius 2 is 1.48 bits per heavy atom. The topological polar surface area (TPSA) is 34.2 Å². The number of nitrogens with zero attached hydrogens (tertiary/aromatic N) is 2. The highest BCUT2D eigenvalue weighted by molar-refractivity contribution is 5.55. The van der Waals surface area contributed by atoms with Crippen LogP contribution in [0.4, 0.5) is 4.39 Å². The van der Waals surface area contributed by atoms with Crippen LogP contribution in [-0.4, -0.2) is 57.3 Å². The van der Waals surface area contributed by atoms with E-state index < -0.39 is 0 Å². The second kappa shape index (κ2) is 9.06. The van der Waals surface area contributed by atoms with Crippen LogP contribution in [0.25, 0.3) is 0 Å². The van der Waals surface area contributed by atoms with Crippen molar-refractivity contribution in [1.82, 2.24) is 9.80 Å². The number of hydrogen-bond acceptors (Lipinski definition) is 5. The van der Waals surface area contributed by atoms with Gasteiger partial charge in [0.1, 0.15) is 5.82 Å². The maximum absolute atomic E-state index is 13.4. The van der Waals surface area contributed by atoms with Gasteiger partial charge < -0.3 is 14.2 Å². The molecule has 0 aliphatic carbocycles. The van der Waals surface area contributed by atoms with E-state index in [4.69, 9.17) is 14.2 Å². The van der Waals surface area contributed by atoms with Crippen molar-refractivity contribution in [3.8, 4) is 17.2 Å². The number of hydrogen-bond donors (Lipinski definition) is 0. The Bertz CT molecular complexity index is 761. The Hall–Kier alpha value is -2.31. The molecule has 0 N–H and O–H groups in total. The molecule has 6 heteroatoms. The maximum Gasteiger partial charge on any atom is 0.203 e. The smallest absolute Gasteiger partial charge is 0.203 e. The first kappa shape index (κ1) is 19.5. The summed E-state index contributed by atoms with van der Waals surface area (Å²) in [6.45, 7) is 5.38. The third-order valence-electron chi connectivity index (χ3n) is 4.94. The summed E-state index contributed by atoms with van der Waals surface area (Å²) in [4.78, 5) is 4.75. The molecule has 0 atom stereocenters. The second-order valence-corrected chi connectivity index (χ2v) is 6.68. The van der Waals surface area contributed by atoms with Crippen molar-refractivity contribution in [3.63, 3.8) is 0 Å². The molecule has 27 heavy (non-hydrogen) atoms. The van der Waals surface area contributed by atoms with Gasteiger partial charge in [0.15, 0.2) is 11.5 Å². The lowest BCUT2D eigenvalue weighted by Gasteiger charge is -2.35. The van der Waals surface area contributed by atoms with Crippen molar-refractivity contribution < 1.29 is 18.6 Å². The van der Waals surface area contributed by atoms with Crippen molar-refractivity contribution in [2.45, 2.75) is 13.1 Å². The van der Waals surface area contributed by atoms with Crippen LogP contribution in [0.1, 0.15) is 11.1 Å². The molecule has 0 saturated carbocycles. The molecule has 0 spiro atoms. The zero-order valence-electron chi connectivity index (χ0n) is 16.2. The van der Waals surface area contributed by atoms with E-state index in [1.165, 1.54) is 6.07 Å².